The van der Waals surface area contributed by atoms with Gasteiger partial charge >= 0.3 is 0 Å². The van der Waals surface area contributed by atoms with Gasteiger partial charge in [0, 0.05) is 23.3 Å². The lowest BCUT2D eigenvalue weighted by atomic mass is 10.1. The predicted octanol–water partition coefficient (Wildman–Crippen LogP) is 0.904. The summed E-state index contributed by atoms with van der Waals surface area (Å²) in [6, 6.07) is 0. The SMILES string of the molecule is CCNCc1c(S(=O)(=O)NC(C)(C)C)n[nH]c1C. The third kappa shape index (κ3) is 3.79. The minimum Gasteiger partial charge on any atom is -0.313 e. The summed E-state index contributed by atoms with van der Waals surface area (Å²) >= 11 is 0. The quantitative estimate of drug-likeness (QED) is 0.744. The van der Waals surface area contributed by atoms with E-state index in [1.54, 1.807) is 20.8 Å². The molecule has 18 heavy (non-hydrogen) atoms. The van der Waals surface area contributed by atoms with Crippen LogP contribution in [0.1, 0.15) is 39.0 Å². The molecular weight excluding hydrogens is 252 g/mol. The van der Waals surface area contributed by atoms with Crippen LogP contribution in [0.25, 0.3) is 0 Å². The second kappa shape index (κ2) is 5.38. The Bertz CT molecular complexity index is 500. The number of aromatic amines is 1. The topological polar surface area (TPSA) is 86.9 Å². The van der Waals surface area contributed by atoms with Gasteiger partial charge in [0.15, 0.2) is 5.03 Å². The Labute approximate surface area is 109 Å². The van der Waals surface area contributed by atoms with Crippen LogP contribution in [0.2, 0.25) is 0 Å². The molecule has 1 aromatic rings. The van der Waals surface area contributed by atoms with E-state index < -0.39 is 15.6 Å². The van der Waals surface area contributed by atoms with Crippen molar-refractivity contribution in [1.82, 2.24) is 20.2 Å². The summed E-state index contributed by atoms with van der Waals surface area (Å²) in [5, 5.41) is 9.83. The molecule has 0 aromatic carbocycles. The lowest BCUT2D eigenvalue weighted by molar-refractivity contribution is 0.488. The summed E-state index contributed by atoms with van der Waals surface area (Å²) in [7, 11) is -3.59. The molecule has 0 unspecified atom stereocenters. The first-order chi connectivity index (χ1) is 8.17. The van der Waals surface area contributed by atoms with Crippen molar-refractivity contribution in [1.29, 1.82) is 0 Å². The molecule has 0 saturated heterocycles. The molecule has 1 aromatic heterocycles. The van der Waals surface area contributed by atoms with Crippen LogP contribution in [-0.4, -0.2) is 30.7 Å². The number of hydrogen-bond donors (Lipinski definition) is 3. The van der Waals surface area contributed by atoms with Crippen LogP contribution in [-0.2, 0) is 16.6 Å². The molecule has 7 heteroatoms. The fraction of sp³-hybridized carbons (Fsp3) is 0.727. The Hall–Kier alpha value is -0.920. The fourth-order valence-corrected chi connectivity index (χ4v) is 3.18. The van der Waals surface area contributed by atoms with Gasteiger partial charge in [-0.05, 0) is 34.2 Å². The van der Waals surface area contributed by atoms with Crippen molar-refractivity contribution in [2.45, 2.75) is 51.7 Å². The van der Waals surface area contributed by atoms with Gasteiger partial charge < -0.3 is 5.32 Å². The molecule has 1 heterocycles. The average molecular weight is 274 g/mol. The van der Waals surface area contributed by atoms with Gasteiger partial charge in [-0.3, -0.25) is 5.10 Å². The van der Waals surface area contributed by atoms with E-state index in [0.29, 0.717) is 12.1 Å². The van der Waals surface area contributed by atoms with E-state index in [0.717, 1.165) is 12.2 Å². The van der Waals surface area contributed by atoms with Gasteiger partial charge in [0.2, 0.25) is 0 Å². The van der Waals surface area contributed by atoms with Crippen LogP contribution in [0.3, 0.4) is 0 Å². The van der Waals surface area contributed by atoms with E-state index in [-0.39, 0.29) is 5.03 Å². The second-order valence-electron chi connectivity index (χ2n) is 5.27. The summed E-state index contributed by atoms with van der Waals surface area (Å²) in [5.74, 6) is 0. The first-order valence-electron chi connectivity index (χ1n) is 5.96. The number of nitrogens with one attached hydrogen (secondary N) is 3. The van der Waals surface area contributed by atoms with E-state index >= 15 is 0 Å². The van der Waals surface area contributed by atoms with Crippen LogP contribution in [0.15, 0.2) is 5.03 Å². The normalized spacial score (nSPS) is 12.9. The molecule has 0 amide bonds. The van der Waals surface area contributed by atoms with Crippen LogP contribution in [0.4, 0.5) is 0 Å². The number of aromatic nitrogens is 2. The largest absolute Gasteiger partial charge is 0.313 e. The smallest absolute Gasteiger partial charge is 0.260 e. The Kier molecular flexibility index (Phi) is 4.52. The molecule has 0 atom stereocenters. The second-order valence-corrected chi connectivity index (χ2v) is 6.87. The molecule has 0 aliphatic carbocycles. The predicted molar refractivity (Wildman–Crippen MR) is 70.8 cm³/mol. The van der Waals surface area contributed by atoms with Crippen molar-refractivity contribution in [3.05, 3.63) is 11.3 Å². The highest BCUT2D eigenvalue weighted by atomic mass is 32.2. The van der Waals surface area contributed by atoms with Gasteiger partial charge in [-0.25, -0.2) is 13.1 Å². The summed E-state index contributed by atoms with van der Waals surface area (Å²) in [4.78, 5) is 0. The Morgan fingerprint density at radius 1 is 1.33 bits per heavy atom. The minimum atomic E-state index is -3.59. The number of aryl methyl sites for hydroxylation is 1. The highest BCUT2D eigenvalue weighted by Crippen LogP contribution is 2.17. The number of hydrogen-bond acceptors (Lipinski definition) is 4. The highest BCUT2D eigenvalue weighted by Gasteiger charge is 2.27. The summed E-state index contributed by atoms with van der Waals surface area (Å²) in [6.07, 6.45) is 0. The summed E-state index contributed by atoms with van der Waals surface area (Å²) in [6.45, 7) is 10.4. The maximum Gasteiger partial charge on any atom is 0.260 e. The van der Waals surface area contributed by atoms with E-state index in [1.165, 1.54) is 0 Å². The molecule has 1 rings (SSSR count). The molecule has 104 valence electrons. The Balaban J connectivity index is 3.09. The number of sulfonamides is 1. The van der Waals surface area contributed by atoms with Gasteiger partial charge in [0.1, 0.15) is 0 Å². The van der Waals surface area contributed by atoms with E-state index in [4.69, 9.17) is 0 Å². The molecule has 3 N–H and O–H groups in total. The van der Waals surface area contributed by atoms with Crippen molar-refractivity contribution in [2.75, 3.05) is 6.54 Å². The van der Waals surface area contributed by atoms with Crippen LogP contribution < -0.4 is 10.0 Å². The first kappa shape index (κ1) is 15.1. The van der Waals surface area contributed by atoms with E-state index in [2.05, 4.69) is 20.2 Å². The molecule has 0 fully saturated rings. The average Bonchev–Trinajstić information content (AvgIpc) is 2.53. The lowest BCUT2D eigenvalue weighted by Crippen LogP contribution is -2.41. The number of H-pyrrole nitrogens is 1. The van der Waals surface area contributed by atoms with Gasteiger partial charge in [0.25, 0.3) is 10.0 Å². The molecule has 0 radical (unpaired) electrons. The van der Waals surface area contributed by atoms with Crippen LogP contribution >= 0.6 is 0 Å². The first-order valence-corrected chi connectivity index (χ1v) is 7.44. The monoisotopic (exact) mass is 274 g/mol. The Morgan fingerprint density at radius 3 is 2.44 bits per heavy atom. The van der Waals surface area contributed by atoms with E-state index in [1.807, 2.05) is 13.8 Å². The summed E-state index contributed by atoms with van der Waals surface area (Å²) < 4.78 is 27.1. The zero-order valence-corrected chi connectivity index (χ0v) is 12.4. The molecule has 0 saturated carbocycles. The minimum absolute atomic E-state index is 0.0795. The van der Waals surface area contributed by atoms with Crippen molar-refractivity contribution in [3.63, 3.8) is 0 Å². The van der Waals surface area contributed by atoms with Gasteiger partial charge in [0.05, 0.1) is 0 Å². The molecular formula is C11H22N4O2S. The fourth-order valence-electron chi connectivity index (χ4n) is 1.56. The van der Waals surface area contributed by atoms with Crippen LogP contribution in [0, 0.1) is 6.92 Å². The van der Waals surface area contributed by atoms with Crippen molar-refractivity contribution < 1.29 is 8.42 Å². The molecule has 6 nitrogen and oxygen atoms in total. The van der Waals surface area contributed by atoms with Crippen molar-refractivity contribution in [3.8, 4) is 0 Å². The van der Waals surface area contributed by atoms with Crippen molar-refractivity contribution >= 4 is 10.0 Å². The van der Waals surface area contributed by atoms with Gasteiger partial charge in [-0.1, -0.05) is 6.92 Å². The third-order valence-electron chi connectivity index (χ3n) is 2.28. The maximum atomic E-state index is 12.2. The third-order valence-corrected chi connectivity index (χ3v) is 4.01. The maximum absolute atomic E-state index is 12.2. The molecule has 0 spiro atoms. The number of nitrogens with zero attached hydrogens (tertiary/aromatic N) is 1. The Morgan fingerprint density at radius 2 is 1.94 bits per heavy atom. The zero-order chi connectivity index (χ0) is 14.0. The molecule has 0 bridgehead atoms. The highest BCUT2D eigenvalue weighted by molar-refractivity contribution is 7.89. The van der Waals surface area contributed by atoms with Gasteiger partial charge in [-0.15, -0.1) is 0 Å². The van der Waals surface area contributed by atoms with Crippen molar-refractivity contribution in [2.24, 2.45) is 0 Å². The molecule has 0 aliphatic heterocycles. The summed E-state index contributed by atoms with van der Waals surface area (Å²) in [5.41, 5.74) is 0.931. The van der Waals surface area contributed by atoms with Crippen LogP contribution in [0.5, 0.6) is 0 Å². The lowest BCUT2D eigenvalue weighted by Gasteiger charge is -2.19. The standard InChI is InChI=1S/C11H22N4O2S/c1-6-12-7-9-8(2)13-14-10(9)18(16,17)15-11(3,4)5/h12,15H,6-7H2,1-5H3,(H,13,14). The van der Waals surface area contributed by atoms with Gasteiger partial charge in [-0.2, -0.15) is 5.10 Å². The van der Waals surface area contributed by atoms with E-state index in [9.17, 15) is 8.42 Å². The zero-order valence-electron chi connectivity index (χ0n) is 11.6. The number of rotatable bonds is 5. The molecule has 0 aliphatic rings.